The standard InChI is InChI=1S/C33H39F7N2O5/c1-4-12-41(18-22-8-6-21(7-9-22)13-29(43)45-5-2)28-11-10-27(47-33(38,39)40)16-24(28)19-42-20(3)30(46-31(42)44)23-14-25(32(35,36)37)17-26(34)15-23/h10-11,14-17,20-22,30H,4-9,12-13,18-19H2,1-3H3/t20-,21?,22?,30-/m0/s1. The summed E-state index contributed by atoms with van der Waals surface area (Å²) in [4.78, 5) is 28.2. The molecule has 14 heteroatoms. The molecule has 0 spiro atoms. The van der Waals surface area contributed by atoms with Gasteiger partial charge in [0.2, 0.25) is 0 Å². The van der Waals surface area contributed by atoms with Crippen LogP contribution in [-0.4, -0.2) is 49.1 Å². The molecule has 2 aromatic rings. The molecule has 0 radical (unpaired) electrons. The molecule has 0 unspecified atom stereocenters. The maximum atomic E-state index is 14.2. The summed E-state index contributed by atoms with van der Waals surface area (Å²) in [6.07, 6.45) is -7.52. The number of halogens is 7. The third-order valence-electron chi connectivity index (χ3n) is 8.63. The maximum absolute atomic E-state index is 14.2. The summed E-state index contributed by atoms with van der Waals surface area (Å²) >= 11 is 0. The highest BCUT2D eigenvalue weighted by atomic mass is 19.4. The molecule has 260 valence electrons. The van der Waals surface area contributed by atoms with Gasteiger partial charge >= 0.3 is 24.6 Å². The highest BCUT2D eigenvalue weighted by Gasteiger charge is 2.42. The lowest BCUT2D eigenvalue weighted by Crippen LogP contribution is -2.35. The molecule has 1 saturated carbocycles. The zero-order valence-electron chi connectivity index (χ0n) is 26.4. The molecule has 1 amide bonds. The van der Waals surface area contributed by atoms with Gasteiger partial charge in [0.05, 0.1) is 24.8 Å². The van der Waals surface area contributed by atoms with Crippen molar-refractivity contribution in [3.8, 4) is 5.75 Å². The Kier molecular flexibility index (Phi) is 11.5. The second-order valence-electron chi connectivity index (χ2n) is 12.1. The van der Waals surface area contributed by atoms with E-state index < -0.39 is 47.9 Å². The normalized spacial score (nSPS) is 21.8. The van der Waals surface area contributed by atoms with E-state index >= 15 is 0 Å². The van der Waals surface area contributed by atoms with E-state index in [1.807, 2.05) is 6.92 Å². The minimum atomic E-state index is -4.97. The Labute approximate surface area is 268 Å². The average molecular weight is 677 g/mol. The van der Waals surface area contributed by atoms with Crippen LogP contribution in [0.25, 0.3) is 0 Å². The lowest BCUT2D eigenvalue weighted by atomic mass is 9.80. The number of nitrogens with zero attached hydrogens (tertiary/aromatic N) is 2. The van der Waals surface area contributed by atoms with Crippen molar-refractivity contribution < 1.29 is 54.5 Å². The van der Waals surface area contributed by atoms with Crippen molar-refractivity contribution in [2.24, 2.45) is 11.8 Å². The molecule has 0 bridgehead atoms. The number of esters is 1. The third-order valence-corrected chi connectivity index (χ3v) is 8.63. The Bertz CT molecular complexity index is 1390. The Morgan fingerprint density at radius 2 is 1.68 bits per heavy atom. The van der Waals surface area contributed by atoms with Crippen LogP contribution in [0, 0.1) is 17.7 Å². The Morgan fingerprint density at radius 1 is 1.00 bits per heavy atom. The molecule has 1 heterocycles. The van der Waals surface area contributed by atoms with E-state index in [2.05, 4.69) is 9.64 Å². The van der Waals surface area contributed by atoms with E-state index in [1.54, 1.807) is 6.92 Å². The molecule has 7 nitrogen and oxygen atoms in total. The van der Waals surface area contributed by atoms with E-state index in [-0.39, 0.29) is 29.9 Å². The van der Waals surface area contributed by atoms with Crippen molar-refractivity contribution in [3.63, 3.8) is 0 Å². The van der Waals surface area contributed by atoms with E-state index in [0.29, 0.717) is 55.9 Å². The first-order valence-corrected chi connectivity index (χ1v) is 15.7. The van der Waals surface area contributed by atoms with E-state index in [4.69, 9.17) is 9.47 Å². The molecule has 1 aliphatic heterocycles. The minimum Gasteiger partial charge on any atom is -0.466 e. The fourth-order valence-corrected chi connectivity index (χ4v) is 6.44. The third kappa shape index (κ3) is 9.66. The monoisotopic (exact) mass is 676 g/mol. The Morgan fingerprint density at radius 3 is 2.30 bits per heavy atom. The van der Waals surface area contributed by atoms with Crippen LogP contribution in [0.5, 0.6) is 5.75 Å². The van der Waals surface area contributed by atoms with Crippen molar-refractivity contribution in [2.75, 3.05) is 24.6 Å². The van der Waals surface area contributed by atoms with Gasteiger partial charge in [-0.15, -0.1) is 13.2 Å². The summed E-state index contributed by atoms with van der Waals surface area (Å²) in [6.45, 7) is 6.46. The zero-order valence-corrected chi connectivity index (χ0v) is 26.4. The summed E-state index contributed by atoms with van der Waals surface area (Å²) in [7, 11) is 0. The molecular formula is C33H39F7N2O5. The first kappa shape index (κ1) is 36.1. The Balaban J connectivity index is 1.58. The van der Waals surface area contributed by atoms with Crippen molar-refractivity contribution in [1.29, 1.82) is 0 Å². The summed E-state index contributed by atoms with van der Waals surface area (Å²) in [5.74, 6) is -1.40. The number of amides is 1. The summed E-state index contributed by atoms with van der Waals surface area (Å²) in [5.41, 5.74) is -0.542. The smallest absolute Gasteiger partial charge is 0.466 e. The Hall–Kier alpha value is -3.71. The summed E-state index contributed by atoms with van der Waals surface area (Å²) < 4.78 is 108. The highest BCUT2D eigenvalue weighted by Crippen LogP contribution is 2.40. The molecule has 47 heavy (non-hydrogen) atoms. The number of hydrogen-bond donors (Lipinski definition) is 0. The molecule has 2 aliphatic rings. The van der Waals surface area contributed by atoms with E-state index in [9.17, 15) is 40.3 Å². The van der Waals surface area contributed by atoms with Gasteiger partial charge in [-0.25, -0.2) is 9.18 Å². The lowest BCUT2D eigenvalue weighted by molar-refractivity contribution is -0.274. The number of carbonyl (C=O) groups excluding carboxylic acids is 2. The summed E-state index contributed by atoms with van der Waals surface area (Å²) in [6, 6.07) is 4.93. The number of cyclic esters (lactones) is 1. The van der Waals surface area contributed by atoms with Crippen LogP contribution in [0.15, 0.2) is 36.4 Å². The fraction of sp³-hybridized carbons (Fsp3) is 0.576. The quantitative estimate of drug-likeness (QED) is 0.165. The van der Waals surface area contributed by atoms with Crippen LogP contribution in [0.2, 0.25) is 0 Å². The lowest BCUT2D eigenvalue weighted by Gasteiger charge is -2.35. The van der Waals surface area contributed by atoms with Crippen molar-refractivity contribution in [3.05, 3.63) is 58.9 Å². The molecular weight excluding hydrogens is 637 g/mol. The predicted molar refractivity (Wildman–Crippen MR) is 158 cm³/mol. The molecule has 4 rings (SSSR count). The van der Waals surface area contributed by atoms with Crippen molar-refractivity contribution in [2.45, 2.75) is 90.5 Å². The van der Waals surface area contributed by atoms with Gasteiger partial charge in [-0.05, 0) is 105 Å². The average Bonchev–Trinajstić information content (AvgIpc) is 3.25. The second-order valence-corrected chi connectivity index (χ2v) is 12.1. The van der Waals surface area contributed by atoms with Crippen LogP contribution in [0.1, 0.15) is 82.1 Å². The minimum absolute atomic E-state index is 0.193. The van der Waals surface area contributed by atoms with Crippen LogP contribution in [0.3, 0.4) is 0 Å². The number of rotatable bonds is 12. The zero-order chi connectivity index (χ0) is 34.5. The topological polar surface area (TPSA) is 68.3 Å². The number of anilines is 1. The molecule has 0 aromatic heterocycles. The summed E-state index contributed by atoms with van der Waals surface area (Å²) in [5, 5.41) is 0. The van der Waals surface area contributed by atoms with Crippen molar-refractivity contribution >= 4 is 17.7 Å². The number of carbonyl (C=O) groups is 2. The highest BCUT2D eigenvalue weighted by molar-refractivity contribution is 5.72. The molecule has 2 atom stereocenters. The predicted octanol–water partition coefficient (Wildman–Crippen LogP) is 8.80. The number of alkyl halides is 6. The van der Waals surface area contributed by atoms with Crippen LogP contribution >= 0.6 is 0 Å². The first-order chi connectivity index (χ1) is 22.1. The van der Waals surface area contributed by atoms with Gasteiger partial charge in [0.15, 0.2) is 0 Å². The second kappa shape index (κ2) is 15.0. The molecule has 2 fully saturated rings. The van der Waals surface area contributed by atoms with E-state index in [0.717, 1.165) is 31.7 Å². The number of ether oxygens (including phenoxy) is 3. The van der Waals surface area contributed by atoms with Gasteiger partial charge in [-0.2, -0.15) is 13.2 Å². The number of hydrogen-bond acceptors (Lipinski definition) is 6. The van der Waals surface area contributed by atoms with Gasteiger partial charge in [0.1, 0.15) is 17.7 Å². The molecule has 2 aromatic carbocycles. The molecule has 1 aliphatic carbocycles. The number of benzene rings is 2. The SMILES string of the molecule is CCCN(CC1CCC(CC(=O)OCC)CC1)c1ccc(OC(F)(F)F)cc1CN1C(=O)O[C@H](c2cc(F)cc(C(F)(F)F)c2)[C@@H]1C. The van der Waals surface area contributed by atoms with Gasteiger partial charge in [0, 0.05) is 25.2 Å². The largest absolute Gasteiger partial charge is 0.573 e. The van der Waals surface area contributed by atoms with Crippen LogP contribution < -0.4 is 9.64 Å². The van der Waals surface area contributed by atoms with Gasteiger partial charge < -0.3 is 19.1 Å². The van der Waals surface area contributed by atoms with Gasteiger partial charge in [0.25, 0.3) is 0 Å². The first-order valence-electron chi connectivity index (χ1n) is 15.7. The van der Waals surface area contributed by atoms with Crippen molar-refractivity contribution in [1.82, 2.24) is 4.90 Å². The molecule has 0 N–H and O–H groups in total. The fourth-order valence-electron chi connectivity index (χ4n) is 6.44. The van der Waals surface area contributed by atoms with Gasteiger partial charge in [-0.3, -0.25) is 9.69 Å². The maximum Gasteiger partial charge on any atom is 0.573 e. The van der Waals surface area contributed by atoms with Gasteiger partial charge in [-0.1, -0.05) is 6.92 Å². The van der Waals surface area contributed by atoms with Crippen LogP contribution in [-0.2, 0) is 27.0 Å². The molecule has 1 saturated heterocycles. The van der Waals surface area contributed by atoms with Crippen LogP contribution in [0.4, 0.5) is 41.2 Å². The van der Waals surface area contributed by atoms with E-state index in [1.165, 1.54) is 30.0 Å².